The molecule has 0 fully saturated rings. The summed E-state index contributed by atoms with van der Waals surface area (Å²) < 4.78 is 1.85. The van der Waals surface area contributed by atoms with E-state index in [0.717, 1.165) is 38.5 Å². The Bertz CT molecular complexity index is 1320. The fourth-order valence-electron chi connectivity index (χ4n) is 3.26. The molecule has 0 aliphatic carbocycles. The minimum atomic E-state index is -0.131. The minimum absolute atomic E-state index is 0.131. The van der Waals surface area contributed by atoms with Gasteiger partial charge in [-0.25, -0.2) is 9.67 Å². The summed E-state index contributed by atoms with van der Waals surface area (Å²) in [7, 11) is 0. The fourth-order valence-corrected chi connectivity index (χ4v) is 4.48. The number of nitrogens with one attached hydrogen (secondary N) is 2. The lowest BCUT2D eigenvalue weighted by atomic mass is 10.3. The lowest BCUT2D eigenvalue weighted by Gasteiger charge is -2.02. The maximum absolute atomic E-state index is 12.7. The Morgan fingerprint density at radius 2 is 2.00 bits per heavy atom. The van der Waals surface area contributed by atoms with Gasteiger partial charge in [-0.2, -0.15) is 5.10 Å². The monoisotopic (exact) mass is 421 g/mol. The smallest absolute Gasteiger partial charge is 0.261 e. The number of carbonyl (C=O) groups excluding carboxylic acids is 1. The van der Waals surface area contributed by atoms with Crippen molar-refractivity contribution in [3.63, 3.8) is 0 Å². The van der Waals surface area contributed by atoms with Crippen LogP contribution in [0.3, 0.4) is 0 Å². The number of H-pyrrole nitrogens is 1. The van der Waals surface area contributed by atoms with Gasteiger partial charge >= 0.3 is 0 Å². The van der Waals surface area contributed by atoms with Gasteiger partial charge in [0, 0.05) is 10.4 Å². The molecule has 8 heteroatoms. The number of carbonyl (C=O) groups is 1. The van der Waals surface area contributed by atoms with Crippen LogP contribution in [0.25, 0.3) is 26.9 Å². The molecule has 3 heterocycles. The highest BCUT2D eigenvalue weighted by atomic mass is 35.5. The molecule has 0 unspecified atom stereocenters. The second kappa shape index (κ2) is 7.02. The van der Waals surface area contributed by atoms with E-state index in [2.05, 4.69) is 20.4 Å². The molecule has 0 radical (unpaired) electrons. The van der Waals surface area contributed by atoms with Crippen LogP contribution < -0.4 is 5.32 Å². The van der Waals surface area contributed by atoms with E-state index in [9.17, 15) is 4.79 Å². The molecule has 5 aromatic rings. The number of hydrogen-bond donors (Lipinski definition) is 2. The molecule has 3 aromatic heterocycles. The zero-order valence-electron chi connectivity index (χ0n) is 15.4. The summed E-state index contributed by atoms with van der Waals surface area (Å²) in [5.41, 5.74) is 3.63. The van der Waals surface area contributed by atoms with Crippen LogP contribution in [0.4, 0.5) is 0 Å². The van der Waals surface area contributed by atoms with E-state index >= 15 is 0 Å². The zero-order chi connectivity index (χ0) is 20.0. The van der Waals surface area contributed by atoms with E-state index < -0.39 is 0 Å². The molecule has 0 bridgehead atoms. The third-order valence-electron chi connectivity index (χ3n) is 4.69. The Morgan fingerprint density at radius 3 is 2.79 bits per heavy atom. The van der Waals surface area contributed by atoms with Crippen molar-refractivity contribution < 1.29 is 4.79 Å². The van der Waals surface area contributed by atoms with E-state index in [-0.39, 0.29) is 5.91 Å². The number of aromatic nitrogens is 4. The number of aromatic amines is 1. The summed E-state index contributed by atoms with van der Waals surface area (Å²) in [5.74, 6) is 0.595. The molecular weight excluding hydrogens is 406 g/mol. The third kappa shape index (κ3) is 3.28. The van der Waals surface area contributed by atoms with Crippen LogP contribution >= 0.6 is 22.9 Å². The van der Waals surface area contributed by atoms with Crippen LogP contribution in [0.15, 0.2) is 54.6 Å². The summed E-state index contributed by atoms with van der Waals surface area (Å²) in [5, 5.41) is 9.19. The van der Waals surface area contributed by atoms with Crippen LogP contribution in [0.2, 0.25) is 5.02 Å². The third-order valence-corrected chi connectivity index (χ3v) is 6.06. The Kier molecular flexibility index (Phi) is 4.34. The summed E-state index contributed by atoms with van der Waals surface area (Å²) in [4.78, 5) is 22.0. The maximum atomic E-state index is 12.7. The number of aryl methyl sites for hydroxylation is 1. The molecule has 144 valence electrons. The number of halogens is 1. The van der Waals surface area contributed by atoms with Gasteiger partial charge in [-0.15, -0.1) is 11.3 Å². The van der Waals surface area contributed by atoms with Gasteiger partial charge in [0.25, 0.3) is 5.91 Å². The van der Waals surface area contributed by atoms with Gasteiger partial charge in [0.1, 0.15) is 10.7 Å². The first-order valence-electron chi connectivity index (χ1n) is 9.05. The standard InChI is InChI=1S/C21H16ClN5OS/c1-12-15-10-18(29-21(15)27(26-12)14-8-6-13(22)7-9-14)20(28)23-11-19-24-16-4-2-3-5-17(16)25-19/h2-10H,11H2,1H3,(H,23,28)(H,24,25). The number of rotatable bonds is 4. The number of nitrogens with zero attached hydrogens (tertiary/aromatic N) is 3. The number of amides is 1. The van der Waals surface area contributed by atoms with Crippen LogP contribution in [-0.4, -0.2) is 25.7 Å². The highest BCUT2D eigenvalue weighted by Crippen LogP contribution is 2.30. The molecule has 2 aromatic carbocycles. The highest BCUT2D eigenvalue weighted by molar-refractivity contribution is 7.20. The molecule has 0 saturated carbocycles. The summed E-state index contributed by atoms with van der Waals surface area (Å²) in [6.07, 6.45) is 0. The van der Waals surface area contributed by atoms with Crippen LogP contribution in [0, 0.1) is 6.92 Å². The van der Waals surface area contributed by atoms with E-state index in [1.807, 2.05) is 66.2 Å². The van der Waals surface area contributed by atoms with Crippen molar-refractivity contribution in [1.82, 2.24) is 25.1 Å². The summed E-state index contributed by atoms with van der Waals surface area (Å²) in [6.45, 7) is 2.28. The van der Waals surface area contributed by atoms with Crippen molar-refractivity contribution in [2.75, 3.05) is 0 Å². The normalized spacial score (nSPS) is 11.4. The Morgan fingerprint density at radius 1 is 1.21 bits per heavy atom. The van der Waals surface area contributed by atoms with E-state index in [0.29, 0.717) is 16.4 Å². The molecule has 0 aliphatic heterocycles. The number of para-hydroxylation sites is 2. The summed E-state index contributed by atoms with van der Waals surface area (Å²) in [6, 6.07) is 17.2. The van der Waals surface area contributed by atoms with E-state index in [1.165, 1.54) is 11.3 Å². The molecule has 1 amide bonds. The maximum Gasteiger partial charge on any atom is 0.261 e. The van der Waals surface area contributed by atoms with Crippen molar-refractivity contribution in [3.8, 4) is 5.69 Å². The van der Waals surface area contributed by atoms with Gasteiger partial charge in [0.05, 0.1) is 33.8 Å². The van der Waals surface area contributed by atoms with Crippen molar-refractivity contribution >= 4 is 50.1 Å². The Labute approximate surface area is 175 Å². The fraction of sp³-hybridized carbons (Fsp3) is 0.0952. The predicted molar refractivity (Wildman–Crippen MR) is 116 cm³/mol. The first kappa shape index (κ1) is 17.9. The number of fused-ring (bicyclic) bond motifs is 2. The number of benzene rings is 2. The molecule has 5 rings (SSSR count). The number of imidazole rings is 1. The van der Waals surface area contributed by atoms with Crippen LogP contribution in [-0.2, 0) is 6.54 Å². The Hall–Kier alpha value is -3.16. The largest absolute Gasteiger partial charge is 0.344 e. The average Bonchev–Trinajstić information content (AvgIpc) is 3.41. The zero-order valence-corrected chi connectivity index (χ0v) is 17.0. The molecule has 0 aliphatic rings. The van der Waals surface area contributed by atoms with Crippen molar-refractivity contribution in [2.45, 2.75) is 13.5 Å². The van der Waals surface area contributed by atoms with Crippen LogP contribution in [0.1, 0.15) is 21.2 Å². The average molecular weight is 422 g/mol. The Balaban J connectivity index is 1.40. The molecule has 6 nitrogen and oxygen atoms in total. The molecule has 29 heavy (non-hydrogen) atoms. The first-order chi connectivity index (χ1) is 14.1. The molecule has 0 atom stereocenters. The van der Waals surface area contributed by atoms with E-state index in [1.54, 1.807) is 0 Å². The quantitative estimate of drug-likeness (QED) is 0.435. The van der Waals surface area contributed by atoms with Crippen molar-refractivity contribution in [3.05, 3.63) is 76.0 Å². The molecule has 0 spiro atoms. The topological polar surface area (TPSA) is 75.6 Å². The number of hydrogen-bond acceptors (Lipinski definition) is 4. The first-order valence-corrected chi connectivity index (χ1v) is 10.2. The lowest BCUT2D eigenvalue weighted by molar-refractivity contribution is 0.0954. The molecule has 0 saturated heterocycles. The van der Waals surface area contributed by atoms with Gasteiger partial charge in [-0.05, 0) is 49.4 Å². The molecule has 2 N–H and O–H groups in total. The van der Waals surface area contributed by atoms with Gasteiger partial charge in [-0.3, -0.25) is 4.79 Å². The van der Waals surface area contributed by atoms with Gasteiger partial charge in [0.15, 0.2) is 0 Å². The SMILES string of the molecule is Cc1nn(-c2ccc(Cl)cc2)c2sc(C(=O)NCc3nc4ccccc4[nH]3)cc12. The minimum Gasteiger partial charge on any atom is -0.344 e. The lowest BCUT2D eigenvalue weighted by Crippen LogP contribution is -2.22. The van der Waals surface area contributed by atoms with E-state index in [4.69, 9.17) is 11.6 Å². The van der Waals surface area contributed by atoms with Crippen molar-refractivity contribution in [2.24, 2.45) is 0 Å². The van der Waals surface area contributed by atoms with Crippen LogP contribution in [0.5, 0.6) is 0 Å². The van der Waals surface area contributed by atoms with Gasteiger partial charge < -0.3 is 10.3 Å². The van der Waals surface area contributed by atoms with Crippen molar-refractivity contribution in [1.29, 1.82) is 0 Å². The molecular formula is C21H16ClN5OS. The predicted octanol–water partition coefficient (Wildman–Crippen LogP) is 4.86. The number of thiophene rings is 1. The summed E-state index contributed by atoms with van der Waals surface area (Å²) >= 11 is 7.41. The second-order valence-electron chi connectivity index (χ2n) is 6.69. The second-order valence-corrected chi connectivity index (χ2v) is 8.15. The van der Waals surface area contributed by atoms with Gasteiger partial charge in [-0.1, -0.05) is 23.7 Å². The highest BCUT2D eigenvalue weighted by Gasteiger charge is 2.17. The van der Waals surface area contributed by atoms with Gasteiger partial charge in [0.2, 0.25) is 0 Å².